The number of amides is 1. The van der Waals surface area contributed by atoms with Gasteiger partial charge >= 0.3 is 0 Å². The second-order valence-corrected chi connectivity index (χ2v) is 9.30. The van der Waals surface area contributed by atoms with Gasteiger partial charge < -0.3 is 5.32 Å². The number of rotatable bonds is 6. The van der Waals surface area contributed by atoms with Gasteiger partial charge in [0.1, 0.15) is 6.04 Å². The van der Waals surface area contributed by atoms with E-state index in [1.54, 1.807) is 18.3 Å². The lowest BCUT2D eigenvalue weighted by atomic mass is 9.95. The Balaban J connectivity index is 1.75. The first-order valence-electron chi connectivity index (χ1n) is 8.37. The summed E-state index contributed by atoms with van der Waals surface area (Å²) in [6.45, 7) is 2.38. The fourth-order valence-electron chi connectivity index (χ4n) is 3.06. The van der Waals surface area contributed by atoms with Crippen LogP contribution in [0.3, 0.4) is 0 Å². The zero-order valence-corrected chi connectivity index (χ0v) is 15.8. The second kappa shape index (κ2) is 7.68. The standard InChI is InChI=1S/C18H22N2O3S2/c1-2-25(22,23)20-13-15-7-4-3-6-14(15)12-17(20)18(21)19-10-9-16-8-5-11-24-16/h3-8,11,17H,2,9-10,12-13H2,1H3,(H,19,21)/t17-/m1/s1. The van der Waals surface area contributed by atoms with E-state index < -0.39 is 16.1 Å². The SMILES string of the molecule is CCS(=O)(=O)N1Cc2ccccc2C[C@@H]1C(=O)NCCc1cccs1. The molecule has 0 spiro atoms. The van der Waals surface area contributed by atoms with Crippen LogP contribution in [0.25, 0.3) is 0 Å². The van der Waals surface area contributed by atoms with Crippen molar-refractivity contribution >= 4 is 27.3 Å². The van der Waals surface area contributed by atoms with Crippen LogP contribution in [-0.4, -0.2) is 37.0 Å². The molecule has 134 valence electrons. The fourth-order valence-corrected chi connectivity index (χ4v) is 5.00. The largest absolute Gasteiger partial charge is 0.354 e. The summed E-state index contributed by atoms with van der Waals surface area (Å²) in [4.78, 5) is 13.9. The summed E-state index contributed by atoms with van der Waals surface area (Å²) in [6, 6.07) is 11.1. The van der Waals surface area contributed by atoms with E-state index in [1.165, 1.54) is 9.18 Å². The zero-order valence-electron chi connectivity index (χ0n) is 14.1. The lowest BCUT2D eigenvalue weighted by Gasteiger charge is -2.34. The number of carbonyl (C=O) groups is 1. The molecule has 1 atom stereocenters. The fraction of sp³-hybridized carbons (Fsp3) is 0.389. The number of fused-ring (bicyclic) bond motifs is 1. The molecule has 1 N–H and O–H groups in total. The van der Waals surface area contributed by atoms with Gasteiger partial charge in [-0.3, -0.25) is 4.79 Å². The average Bonchev–Trinajstić information content (AvgIpc) is 3.14. The number of thiophene rings is 1. The third-order valence-electron chi connectivity index (χ3n) is 4.48. The lowest BCUT2D eigenvalue weighted by molar-refractivity contribution is -0.125. The van der Waals surface area contributed by atoms with Gasteiger partial charge in [-0.2, -0.15) is 4.31 Å². The van der Waals surface area contributed by atoms with Crippen molar-refractivity contribution in [3.63, 3.8) is 0 Å². The second-order valence-electron chi connectivity index (χ2n) is 6.05. The smallest absolute Gasteiger partial charge is 0.238 e. The Hall–Kier alpha value is -1.70. The van der Waals surface area contributed by atoms with Crippen LogP contribution in [0.1, 0.15) is 22.9 Å². The van der Waals surface area contributed by atoms with Gasteiger partial charge in [0.2, 0.25) is 15.9 Å². The van der Waals surface area contributed by atoms with Gasteiger partial charge in [-0.1, -0.05) is 30.3 Å². The maximum absolute atomic E-state index is 12.7. The van der Waals surface area contributed by atoms with Gasteiger partial charge in [-0.15, -0.1) is 11.3 Å². The molecule has 0 fully saturated rings. The van der Waals surface area contributed by atoms with Crippen LogP contribution in [0.2, 0.25) is 0 Å². The molecule has 3 rings (SSSR count). The predicted octanol–water partition coefficient (Wildman–Crippen LogP) is 2.18. The van der Waals surface area contributed by atoms with E-state index in [1.807, 2.05) is 41.8 Å². The first-order chi connectivity index (χ1) is 12.0. The molecule has 0 aliphatic carbocycles. The number of hydrogen-bond donors (Lipinski definition) is 1. The van der Waals surface area contributed by atoms with Gasteiger partial charge in [0.05, 0.1) is 5.75 Å². The Bertz CT molecular complexity index is 832. The molecule has 0 radical (unpaired) electrons. The van der Waals surface area contributed by atoms with Gasteiger partial charge in [-0.05, 0) is 42.3 Å². The monoisotopic (exact) mass is 378 g/mol. The number of sulfonamides is 1. The van der Waals surface area contributed by atoms with Gasteiger partial charge in [0.25, 0.3) is 0 Å². The molecule has 1 amide bonds. The Labute approximate surface area is 152 Å². The van der Waals surface area contributed by atoms with Crippen LogP contribution in [0.5, 0.6) is 0 Å². The first-order valence-corrected chi connectivity index (χ1v) is 10.9. The molecule has 25 heavy (non-hydrogen) atoms. The molecule has 1 aliphatic heterocycles. The molecular weight excluding hydrogens is 356 g/mol. The van der Waals surface area contributed by atoms with Crippen molar-refractivity contribution in [1.82, 2.24) is 9.62 Å². The molecule has 0 saturated carbocycles. The average molecular weight is 379 g/mol. The van der Waals surface area contributed by atoms with Crippen molar-refractivity contribution in [2.75, 3.05) is 12.3 Å². The highest BCUT2D eigenvalue weighted by molar-refractivity contribution is 7.89. The molecule has 0 saturated heterocycles. The molecule has 1 aromatic carbocycles. The van der Waals surface area contributed by atoms with Crippen LogP contribution in [0, 0.1) is 0 Å². The minimum Gasteiger partial charge on any atom is -0.354 e. The van der Waals surface area contributed by atoms with Gasteiger partial charge in [0.15, 0.2) is 0 Å². The van der Waals surface area contributed by atoms with E-state index in [0.29, 0.717) is 13.0 Å². The number of benzene rings is 1. The highest BCUT2D eigenvalue weighted by Crippen LogP contribution is 2.26. The molecule has 2 heterocycles. The van der Waals surface area contributed by atoms with Crippen LogP contribution >= 0.6 is 11.3 Å². The minimum atomic E-state index is -3.45. The van der Waals surface area contributed by atoms with E-state index >= 15 is 0 Å². The number of carbonyl (C=O) groups excluding carboxylic acids is 1. The van der Waals surface area contributed by atoms with Crippen molar-refractivity contribution < 1.29 is 13.2 Å². The number of hydrogen-bond acceptors (Lipinski definition) is 4. The Kier molecular flexibility index (Phi) is 5.56. The first kappa shape index (κ1) is 18.1. The topological polar surface area (TPSA) is 66.5 Å². The quantitative estimate of drug-likeness (QED) is 0.838. The highest BCUT2D eigenvalue weighted by Gasteiger charge is 2.37. The Morgan fingerprint density at radius 2 is 2.00 bits per heavy atom. The third-order valence-corrected chi connectivity index (χ3v) is 7.24. The molecule has 1 aromatic heterocycles. The van der Waals surface area contributed by atoms with Gasteiger partial charge in [0, 0.05) is 18.0 Å². The Morgan fingerprint density at radius 1 is 1.24 bits per heavy atom. The zero-order chi connectivity index (χ0) is 17.9. The van der Waals surface area contributed by atoms with Crippen molar-refractivity contribution in [2.45, 2.75) is 32.4 Å². The van der Waals surface area contributed by atoms with E-state index in [9.17, 15) is 13.2 Å². The summed E-state index contributed by atoms with van der Waals surface area (Å²) in [5, 5.41) is 4.91. The minimum absolute atomic E-state index is 0.00581. The van der Waals surface area contributed by atoms with Gasteiger partial charge in [-0.25, -0.2) is 8.42 Å². The van der Waals surface area contributed by atoms with Crippen LogP contribution in [0.15, 0.2) is 41.8 Å². The number of nitrogens with zero attached hydrogens (tertiary/aromatic N) is 1. The molecule has 0 bridgehead atoms. The highest BCUT2D eigenvalue weighted by atomic mass is 32.2. The van der Waals surface area contributed by atoms with Crippen molar-refractivity contribution in [3.8, 4) is 0 Å². The van der Waals surface area contributed by atoms with E-state index in [4.69, 9.17) is 0 Å². The van der Waals surface area contributed by atoms with Crippen molar-refractivity contribution in [3.05, 3.63) is 57.8 Å². The van der Waals surface area contributed by atoms with Crippen LogP contribution < -0.4 is 5.32 Å². The third kappa shape index (κ3) is 4.11. The summed E-state index contributed by atoms with van der Waals surface area (Å²) in [5.74, 6) is -0.225. The molecule has 0 unspecified atom stereocenters. The summed E-state index contributed by atoms with van der Waals surface area (Å²) in [5.41, 5.74) is 2.02. The maximum atomic E-state index is 12.7. The summed E-state index contributed by atoms with van der Waals surface area (Å²) in [6.07, 6.45) is 1.17. The number of nitrogens with one attached hydrogen (secondary N) is 1. The summed E-state index contributed by atoms with van der Waals surface area (Å²) < 4.78 is 26.3. The predicted molar refractivity (Wildman–Crippen MR) is 100.0 cm³/mol. The molecular formula is C18H22N2O3S2. The maximum Gasteiger partial charge on any atom is 0.238 e. The molecule has 1 aliphatic rings. The Morgan fingerprint density at radius 3 is 2.68 bits per heavy atom. The molecule has 7 heteroatoms. The van der Waals surface area contributed by atoms with Crippen LogP contribution in [0.4, 0.5) is 0 Å². The lowest BCUT2D eigenvalue weighted by Crippen LogP contribution is -2.53. The summed E-state index contributed by atoms with van der Waals surface area (Å²) >= 11 is 1.65. The van der Waals surface area contributed by atoms with Crippen molar-refractivity contribution in [2.24, 2.45) is 0 Å². The molecule has 5 nitrogen and oxygen atoms in total. The summed E-state index contributed by atoms with van der Waals surface area (Å²) in [7, 11) is -3.45. The van der Waals surface area contributed by atoms with Crippen LogP contribution in [-0.2, 0) is 34.2 Å². The van der Waals surface area contributed by atoms with Crippen molar-refractivity contribution in [1.29, 1.82) is 0 Å². The van der Waals surface area contributed by atoms with E-state index in [2.05, 4.69) is 5.32 Å². The molecule has 2 aromatic rings. The van der Waals surface area contributed by atoms with E-state index in [-0.39, 0.29) is 18.2 Å². The van der Waals surface area contributed by atoms with E-state index in [0.717, 1.165) is 17.5 Å². The normalized spacial score (nSPS) is 17.9.